The maximum absolute atomic E-state index is 6.13. The first-order valence-electron chi connectivity index (χ1n) is 9.73. The van der Waals surface area contributed by atoms with E-state index in [1.165, 1.54) is 6.42 Å². The van der Waals surface area contributed by atoms with Gasteiger partial charge in [0.2, 0.25) is 0 Å². The quantitative estimate of drug-likeness (QED) is 0.822. The Hall–Kier alpha value is -1.76. The van der Waals surface area contributed by atoms with Crippen molar-refractivity contribution in [2.24, 2.45) is 13.0 Å². The Labute approximate surface area is 155 Å². The van der Waals surface area contributed by atoms with Crippen molar-refractivity contribution in [1.82, 2.24) is 24.3 Å². The van der Waals surface area contributed by atoms with Gasteiger partial charge in [0.25, 0.3) is 0 Å². The Morgan fingerprint density at radius 2 is 1.92 bits per heavy atom. The first kappa shape index (κ1) is 17.6. The van der Waals surface area contributed by atoms with E-state index in [0.29, 0.717) is 5.92 Å². The summed E-state index contributed by atoms with van der Waals surface area (Å²) in [6.07, 6.45) is 8.29. The van der Waals surface area contributed by atoms with Gasteiger partial charge in [0.1, 0.15) is 11.9 Å². The van der Waals surface area contributed by atoms with Gasteiger partial charge in [-0.15, -0.1) is 0 Å². The Balaban J connectivity index is 1.31. The van der Waals surface area contributed by atoms with Gasteiger partial charge in [0.05, 0.1) is 5.69 Å². The van der Waals surface area contributed by atoms with E-state index in [4.69, 9.17) is 4.74 Å². The van der Waals surface area contributed by atoms with Crippen LogP contribution in [-0.2, 0) is 18.3 Å². The van der Waals surface area contributed by atoms with E-state index in [-0.39, 0.29) is 6.10 Å². The van der Waals surface area contributed by atoms with Crippen LogP contribution in [0.15, 0.2) is 36.8 Å². The number of hydrogen-bond donors (Lipinski definition) is 0. The molecule has 6 heteroatoms. The zero-order chi connectivity index (χ0) is 17.8. The van der Waals surface area contributed by atoms with Crippen LogP contribution in [0.1, 0.15) is 30.5 Å². The molecule has 6 nitrogen and oxygen atoms in total. The molecule has 2 aromatic heterocycles. The molecule has 4 heterocycles. The molecule has 0 spiro atoms. The zero-order valence-corrected chi connectivity index (χ0v) is 15.6. The Morgan fingerprint density at radius 3 is 2.65 bits per heavy atom. The van der Waals surface area contributed by atoms with Crippen LogP contribution in [0.25, 0.3) is 0 Å². The molecule has 0 N–H and O–H groups in total. The summed E-state index contributed by atoms with van der Waals surface area (Å²) in [6.45, 7) is 7.37. The number of aromatic nitrogens is 3. The molecule has 0 saturated carbocycles. The van der Waals surface area contributed by atoms with Gasteiger partial charge in [-0.25, -0.2) is 4.98 Å². The van der Waals surface area contributed by atoms with Crippen LogP contribution < -0.4 is 0 Å². The smallest absolute Gasteiger partial charge is 0.137 e. The summed E-state index contributed by atoms with van der Waals surface area (Å²) in [5.74, 6) is 1.61. The normalized spacial score (nSPS) is 25.4. The van der Waals surface area contributed by atoms with E-state index >= 15 is 0 Å². The molecular weight excluding hydrogens is 326 g/mol. The van der Waals surface area contributed by atoms with E-state index in [2.05, 4.69) is 43.5 Å². The monoisotopic (exact) mass is 355 g/mol. The van der Waals surface area contributed by atoms with Crippen molar-refractivity contribution in [3.63, 3.8) is 0 Å². The maximum atomic E-state index is 6.13. The van der Waals surface area contributed by atoms with Crippen LogP contribution in [0.3, 0.4) is 0 Å². The molecule has 4 rings (SSSR count). The van der Waals surface area contributed by atoms with Crippen molar-refractivity contribution in [1.29, 1.82) is 0 Å². The van der Waals surface area contributed by atoms with Gasteiger partial charge in [-0.1, -0.05) is 6.07 Å². The lowest BCUT2D eigenvalue weighted by molar-refractivity contribution is -0.0487. The van der Waals surface area contributed by atoms with Crippen molar-refractivity contribution in [2.45, 2.75) is 25.5 Å². The highest BCUT2D eigenvalue weighted by Gasteiger charge is 2.32. The molecule has 2 fully saturated rings. The van der Waals surface area contributed by atoms with Gasteiger partial charge in [0.15, 0.2) is 0 Å². The summed E-state index contributed by atoms with van der Waals surface area (Å²) in [5, 5.41) is 0. The number of piperazine rings is 1. The van der Waals surface area contributed by atoms with Gasteiger partial charge in [-0.05, 0) is 25.0 Å². The van der Waals surface area contributed by atoms with E-state index in [9.17, 15) is 0 Å². The lowest BCUT2D eigenvalue weighted by atomic mass is 9.92. The van der Waals surface area contributed by atoms with Gasteiger partial charge in [0, 0.05) is 77.4 Å². The van der Waals surface area contributed by atoms with Crippen LogP contribution in [0.4, 0.5) is 0 Å². The number of pyridine rings is 1. The fourth-order valence-electron chi connectivity index (χ4n) is 4.15. The van der Waals surface area contributed by atoms with Gasteiger partial charge >= 0.3 is 0 Å². The van der Waals surface area contributed by atoms with E-state index < -0.39 is 0 Å². The molecule has 2 saturated heterocycles. The van der Waals surface area contributed by atoms with E-state index in [1.807, 2.05) is 24.7 Å². The molecule has 0 amide bonds. The molecule has 2 aliphatic rings. The Morgan fingerprint density at radius 1 is 1.08 bits per heavy atom. The van der Waals surface area contributed by atoms with E-state index in [0.717, 1.165) is 63.8 Å². The number of imidazole rings is 1. The zero-order valence-electron chi connectivity index (χ0n) is 15.6. The van der Waals surface area contributed by atoms with Crippen molar-refractivity contribution >= 4 is 0 Å². The number of nitrogens with zero attached hydrogens (tertiary/aromatic N) is 5. The third-order valence-electron chi connectivity index (χ3n) is 5.63. The van der Waals surface area contributed by atoms with Crippen LogP contribution in [-0.4, -0.2) is 63.7 Å². The topological polar surface area (TPSA) is 46.4 Å². The summed E-state index contributed by atoms with van der Waals surface area (Å²) in [6, 6.07) is 6.16. The second-order valence-electron chi connectivity index (χ2n) is 7.49. The first-order chi connectivity index (χ1) is 12.8. The Bertz CT molecular complexity index is 681. The predicted octanol–water partition coefficient (Wildman–Crippen LogP) is 2.10. The van der Waals surface area contributed by atoms with E-state index in [1.54, 1.807) is 0 Å². The average Bonchev–Trinajstić information content (AvgIpc) is 3.10. The van der Waals surface area contributed by atoms with Gasteiger partial charge < -0.3 is 14.2 Å². The SMILES string of the molecule is Cn1ccnc1[C@@H]1OCCC[C@H]1CN1CCN(Cc2ccccn2)CC1. The van der Waals surface area contributed by atoms with Crippen molar-refractivity contribution in [2.75, 3.05) is 39.3 Å². The molecule has 0 unspecified atom stereocenters. The molecule has 0 radical (unpaired) electrons. The highest BCUT2D eigenvalue weighted by Crippen LogP contribution is 2.33. The molecule has 0 aliphatic carbocycles. The maximum Gasteiger partial charge on any atom is 0.137 e. The minimum Gasteiger partial charge on any atom is -0.370 e. The fourth-order valence-corrected chi connectivity index (χ4v) is 4.15. The number of ether oxygens (including phenoxy) is 1. The Kier molecular flexibility index (Phi) is 5.62. The van der Waals surface area contributed by atoms with Crippen LogP contribution in [0.2, 0.25) is 0 Å². The summed E-state index contributed by atoms with van der Waals surface area (Å²) < 4.78 is 8.23. The molecule has 2 aliphatic heterocycles. The van der Waals surface area contributed by atoms with Crippen molar-refractivity contribution in [3.8, 4) is 0 Å². The fraction of sp³-hybridized carbons (Fsp3) is 0.600. The standard InChI is InChI=1S/C20H29N5O/c1-23-9-8-22-20(23)19-17(5-4-14-26-19)15-24-10-12-25(13-11-24)16-18-6-2-3-7-21-18/h2-3,6-9,17,19H,4-5,10-16H2,1H3/t17-,19+/m0/s1. The molecule has 0 bridgehead atoms. The average molecular weight is 355 g/mol. The highest BCUT2D eigenvalue weighted by molar-refractivity contribution is 5.04. The number of aryl methyl sites for hydroxylation is 1. The highest BCUT2D eigenvalue weighted by atomic mass is 16.5. The summed E-state index contributed by atoms with van der Waals surface area (Å²) >= 11 is 0. The lowest BCUT2D eigenvalue weighted by Crippen LogP contribution is -2.48. The summed E-state index contributed by atoms with van der Waals surface area (Å²) in [5.41, 5.74) is 1.16. The molecular formula is C20H29N5O. The van der Waals surface area contributed by atoms with Crippen LogP contribution in [0.5, 0.6) is 0 Å². The molecule has 26 heavy (non-hydrogen) atoms. The predicted molar refractivity (Wildman–Crippen MR) is 101 cm³/mol. The lowest BCUT2D eigenvalue weighted by Gasteiger charge is -2.39. The largest absolute Gasteiger partial charge is 0.370 e. The number of hydrogen-bond acceptors (Lipinski definition) is 5. The van der Waals surface area contributed by atoms with Crippen molar-refractivity contribution < 1.29 is 4.74 Å². The van der Waals surface area contributed by atoms with Crippen LogP contribution in [0, 0.1) is 5.92 Å². The molecule has 2 atom stereocenters. The summed E-state index contributed by atoms with van der Waals surface area (Å²) in [4.78, 5) is 14.1. The third kappa shape index (κ3) is 4.14. The second kappa shape index (κ2) is 8.29. The summed E-state index contributed by atoms with van der Waals surface area (Å²) in [7, 11) is 2.06. The first-order valence-corrected chi connectivity index (χ1v) is 9.73. The second-order valence-corrected chi connectivity index (χ2v) is 7.49. The molecule has 0 aromatic carbocycles. The number of rotatable bonds is 5. The third-order valence-corrected chi connectivity index (χ3v) is 5.63. The van der Waals surface area contributed by atoms with Crippen molar-refractivity contribution in [3.05, 3.63) is 48.3 Å². The minimum absolute atomic E-state index is 0.135. The molecule has 140 valence electrons. The minimum atomic E-state index is 0.135. The molecule has 2 aromatic rings. The van der Waals surface area contributed by atoms with Gasteiger partial charge in [-0.2, -0.15) is 0 Å². The van der Waals surface area contributed by atoms with Crippen LogP contribution >= 0.6 is 0 Å². The van der Waals surface area contributed by atoms with Gasteiger partial charge in [-0.3, -0.25) is 9.88 Å².